The number of imidazole rings is 1. The summed E-state index contributed by atoms with van der Waals surface area (Å²) in [5.41, 5.74) is 2.48. The van der Waals surface area contributed by atoms with Crippen molar-refractivity contribution in [3.63, 3.8) is 0 Å². The van der Waals surface area contributed by atoms with E-state index in [1.165, 1.54) is 11.4 Å². The lowest BCUT2D eigenvalue weighted by Crippen LogP contribution is -1.93. The smallest absolute Gasteiger partial charge is 0.0925 e. The fraction of sp³-hybridized carbons (Fsp3) is 0.625. The third kappa shape index (κ3) is 1.20. The first-order chi connectivity index (χ1) is 4.75. The largest absolute Gasteiger partial charge is 0.348 e. The number of aryl methyl sites for hydroxylation is 1. The fourth-order valence-electron chi connectivity index (χ4n) is 1.11. The second kappa shape index (κ2) is 2.86. The minimum atomic E-state index is 0.543. The van der Waals surface area contributed by atoms with Gasteiger partial charge in [0.15, 0.2) is 0 Å². The van der Waals surface area contributed by atoms with E-state index >= 15 is 0 Å². The Kier molecular flexibility index (Phi) is 2.10. The van der Waals surface area contributed by atoms with Gasteiger partial charge < -0.3 is 4.98 Å². The average molecular weight is 138 g/mol. The van der Waals surface area contributed by atoms with Crippen LogP contribution in [0.4, 0.5) is 0 Å². The highest BCUT2D eigenvalue weighted by Crippen LogP contribution is 2.14. The van der Waals surface area contributed by atoms with Crippen LogP contribution in [0.2, 0.25) is 0 Å². The maximum atomic E-state index is 4.23. The summed E-state index contributed by atoms with van der Waals surface area (Å²) >= 11 is 0. The second-order valence-corrected chi connectivity index (χ2v) is 2.77. The highest BCUT2D eigenvalue weighted by atomic mass is 14.9. The molecule has 0 radical (unpaired) electrons. The Morgan fingerprint density at radius 3 is 2.70 bits per heavy atom. The van der Waals surface area contributed by atoms with E-state index in [0.29, 0.717) is 5.92 Å². The van der Waals surface area contributed by atoms with Crippen LogP contribution in [-0.4, -0.2) is 9.97 Å². The fourth-order valence-corrected chi connectivity index (χ4v) is 1.11. The first-order valence-corrected chi connectivity index (χ1v) is 3.77. The van der Waals surface area contributed by atoms with Crippen molar-refractivity contribution in [1.82, 2.24) is 9.97 Å². The van der Waals surface area contributed by atoms with Crippen LogP contribution in [0.5, 0.6) is 0 Å². The molecule has 10 heavy (non-hydrogen) atoms. The molecule has 0 saturated heterocycles. The molecule has 2 heteroatoms. The van der Waals surface area contributed by atoms with Crippen LogP contribution < -0.4 is 0 Å². The number of hydrogen-bond donors (Lipinski definition) is 1. The highest BCUT2D eigenvalue weighted by molar-refractivity contribution is 5.14. The lowest BCUT2D eigenvalue weighted by molar-refractivity contribution is 0.810. The van der Waals surface area contributed by atoms with Gasteiger partial charge >= 0.3 is 0 Å². The highest BCUT2D eigenvalue weighted by Gasteiger charge is 2.06. The molecule has 0 fully saturated rings. The van der Waals surface area contributed by atoms with Gasteiger partial charge in [0.1, 0.15) is 0 Å². The van der Waals surface area contributed by atoms with Crippen LogP contribution in [-0.2, 0) is 6.42 Å². The normalized spacial score (nSPS) is 10.8. The van der Waals surface area contributed by atoms with Crippen molar-refractivity contribution in [2.75, 3.05) is 0 Å². The summed E-state index contributed by atoms with van der Waals surface area (Å²) in [5, 5.41) is 0. The number of nitrogens with one attached hydrogen (secondary N) is 1. The van der Waals surface area contributed by atoms with Gasteiger partial charge in [0, 0.05) is 5.69 Å². The van der Waals surface area contributed by atoms with Gasteiger partial charge in [-0.3, -0.25) is 0 Å². The van der Waals surface area contributed by atoms with Crippen LogP contribution in [0, 0.1) is 0 Å². The van der Waals surface area contributed by atoms with Crippen molar-refractivity contribution in [3.8, 4) is 0 Å². The summed E-state index contributed by atoms with van der Waals surface area (Å²) in [5.74, 6) is 0.543. The molecule has 0 saturated carbocycles. The zero-order valence-corrected chi connectivity index (χ0v) is 6.81. The van der Waals surface area contributed by atoms with E-state index in [1.807, 2.05) is 0 Å². The summed E-state index contributed by atoms with van der Waals surface area (Å²) in [6.07, 6.45) is 2.82. The van der Waals surface area contributed by atoms with Crippen molar-refractivity contribution in [1.29, 1.82) is 0 Å². The van der Waals surface area contributed by atoms with Gasteiger partial charge in [-0.15, -0.1) is 0 Å². The predicted molar refractivity (Wildman–Crippen MR) is 42.1 cm³/mol. The second-order valence-electron chi connectivity index (χ2n) is 2.77. The van der Waals surface area contributed by atoms with E-state index < -0.39 is 0 Å². The van der Waals surface area contributed by atoms with Crippen LogP contribution in [0.15, 0.2) is 6.33 Å². The molecule has 1 aromatic rings. The average Bonchev–Trinajstić information content (AvgIpc) is 2.33. The zero-order valence-electron chi connectivity index (χ0n) is 6.81. The first kappa shape index (κ1) is 7.32. The SMILES string of the molecule is CCc1[nH]cnc1C(C)C. The third-order valence-electron chi connectivity index (χ3n) is 1.65. The van der Waals surface area contributed by atoms with Crippen molar-refractivity contribution in [3.05, 3.63) is 17.7 Å². The Balaban J connectivity index is 2.90. The summed E-state index contributed by atoms with van der Waals surface area (Å²) in [6.45, 7) is 6.46. The van der Waals surface area contributed by atoms with Gasteiger partial charge in [0.05, 0.1) is 12.0 Å². The molecule has 0 aliphatic heterocycles. The molecule has 0 atom stereocenters. The summed E-state index contributed by atoms with van der Waals surface area (Å²) < 4.78 is 0. The zero-order chi connectivity index (χ0) is 7.56. The molecular formula is C8H14N2. The van der Waals surface area contributed by atoms with E-state index in [-0.39, 0.29) is 0 Å². The number of hydrogen-bond acceptors (Lipinski definition) is 1. The van der Waals surface area contributed by atoms with E-state index in [4.69, 9.17) is 0 Å². The van der Waals surface area contributed by atoms with Crippen LogP contribution in [0.3, 0.4) is 0 Å². The van der Waals surface area contributed by atoms with Gasteiger partial charge in [-0.1, -0.05) is 20.8 Å². The molecule has 0 aliphatic rings. The molecule has 0 aliphatic carbocycles. The molecule has 0 spiro atoms. The van der Waals surface area contributed by atoms with Crippen LogP contribution >= 0.6 is 0 Å². The third-order valence-corrected chi connectivity index (χ3v) is 1.65. The Labute approximate surface area is 61.7 Å². The molecule has 0 bridgehead atoms. The monoisotopic (exact) mass is 138 g/mol. The first-order valence-electron chi connectivity index (χ1n) is 3.77. The predicted octanol–water partition coefficient (Wildman–Crippen LogP) is 2.10. The van der Waals surface area contributed by atoms with Crippen molar-refractivity contribution in [2.45, 2.75) is 33.1 Å². The molecule has 1 N–H and O–H groups in total. The number of rotatable bonds is 2. The van der Waals surface area contributed by atoms with Gasteiger partial charge in [0.25, 0.3) is 0 Å². The lowest BCUT2D eigenvalue weighted by Gasteiger charge is -2.01. The number of aromatic amines is 1. The molecule has 0 unspecified atom stereocenters. The van der Waals surface area contributed by atoms with Crippen molar-refractivity contribution >= 4 is 0 Å². The molecule has 0 aromatic carbocycles. The summed E-state index contributed by atoms with van der Waals surface area (Å²) in [6, 6.07) is 0. The van der Waals surface area contributed by atoms with E-state index in [1.54, 1.807) is 6.33 Å². The van der Waals surface area contributed by atoms with E-state index in [0.717, 1.165) is 6.42 Å². The van der Waals surface area contributed by atoms with Gasteiger partial charge in [-0.05, 0) is 12.3 Å². The quantitative estimate of drug-likeness (QED) is 0.666. The Morgan fingerprint density at radius 2 is 2.30 bits per heavy atom. The summed E-state index contributed by atoms with van der Waals surface area (Å²) in [7, 11) is 0. The maximum Gasteiger partial charge on any atom is 0.0925 e. The Hall–Kier alpha value is -0.790. The minimum Gasteiger partial charge on any atom is -0.348 e. The van der Waals surface area contributed by atoms with Crippen LogP contribution in [0.25, 0.3) is 0 Å². The lowest BCUT2D eigenvalue weighted by atomic mass is 10.1. The van der Waals surface area contributed by atoms with E-state index in [9.17, 15) is 0 Å². The molecule has 1 aromatic heterocycles. The Bertz CT molecular complexity index is 201. The minimum absolute atomic E-state index is 0.543. The number of aromatic nitrogens is 2. The van der Waals surface area contributed by atoms with E-state index in [2.05, 4.69) is 30.7 Å². The van der Waals surface area contributed by atoms with Crippen LogP contribution in [0.1, 0.15) is 38.1 Å². The Morgan fingerprint density at radius 1 is 1.60 bits per heavy atom. The van der Waals surface area contributed by atoms with Gasteiger partial charge in [0.2, 0.25) is 0 Å². The number of nitrogens with zero attached hydrogens (tertiary/aromatic N) is 1. The van der Waals surface area contributed by atoms with Crippen molar-refractivity contribution < 1.29 is 0 Å². The maximum absolute atomic E-state index is 4.23. The standard InChI is InChI=1S/C8H14N2/c1-4-7-8(6(2)3)10-5-9-7/h5-6H,4H2,1-3H3,(H,9,10). The van der Waals surface area contributed by atoms with Crippen molar-refractivity contribution in [2.24, 2.45) is 0 Å². The number of H-pyrrole nitrogens is 1. The molecule has 1 rings (SSSR count). The summed E-state index contributed by atoms with van der Waals surface area (Å²) in [4.78, 5) is 7.36. The molecular weight excluding hydrogens is 124 g/mol. The molecule has 2 nitrogen and oxygen atoms in total. The molecule has 0 amide bonds. The van der Waals surface area contributed by atoms with Gasteiger partial charge in [-0.25, -0.2) is 4.98 Å². The topological polar surface area (TPSA) is 28.7 Å². The molecule has 56 valence electrons. The molecule has 1 heterocycles. The van der Waals surface area contributed by atoms with Gasteiger partial charge in [-0.2, -0.15) is 0 Å².